The summed E-state index contributed by atoms with van der Waals surface area (Å²) in [7, 11) is 0. The van der Waals surface area contributed by atoms with Crippen molar-refractivity contribution in [1.82, 2.24) is 5.01 Å². The zero-order chi connectivity index (χ0) is 15.0. The molecule has 3 nitrogen and oxygen atoms in total. The SMILES string of the molecule is CC1(C)CCCC(C)(C)N1/N=N/c1ccc(Cl)cc1I. The molecule has 1 aliphatic heterocycles. The van der Waals surface area contributed by atoms with Crippen LogP contribution in [0.5, 0.6) is 0 Å². The van der Waals surface area contributed by atoms with Crippen LogP contribution >= 0.6 is 34.2 Å². The molecule has 0 unspecified atom stereocenters. The molecule has 1 aromatic rings. The predicted molar refractivity (Wildman–Crippen MR) is 92.5 cm³/mol. The third kappa shape index (κ3) is 3.45. The fourth-order valence-corrected chi connectivity index (χ4v) is 3.86. The summed E-state index contributed by atoms with van der Waals surface area (Å²) < 4.78 is 1.02. The zero-order valence-electron chi connectivity index (χ0n) is 12.5. The molecule has 110 valence electrons. The van der Waals surface area contributed by atoms with E-state index >= 15 is 0 Å². The number of halogens is 2. The highest BCUT2D eigenvalue weighted by atomic mass is 127. The quantitative estimate of drug-likeness (QED) is 0.439. The summed E-state index contributed by atoms with van der Waals surface area (Å²) >= 11 is 8.21. The molecule has 0 spiro atoms. The van der Waals surface area contributed by atoms with Crippen LogP contribution in [0.3, 0.4) is 0 Å². The van der Waals surface area contributed by atoms with Crippen molar-refractivity contribution in [3.63, 3.8) is 0 Å². The summed E-state index contributed by atoms with van der Waals surface area (Å²) in [4.78, 5) is 0. The number of hydrogen-bond acceptors (Lipinski definition) is 2. The Morgan fingerprint density at radius 1 is 1.15 bits per heavy atom. The maximum absolute atomic E-state index is 5.97. The van der Waals surface area contributed by atoms with Crippen LogP contribution in [0, 0.1) is 3.57 Å². The third-order valence-corrected chi connectivity index (χ3v) is 4.97. The van der Waals surface area contributed by atoms with E-state index in [0.29, 0.717) is 0 Å². The summed E-state index contributed by atoms with van der Waals surface area (Å²) in [6, 6.07) is 5.67. The summed E-state index contributed by atoms with van der Waals surface area (Å²) in [5.41, 5.74) is 0.957. The first-order valence-corrected chi connectivity index (χ1v) is 8.35. The number of benzene rings is 1. The van der Waals surface area contributed by atoms with E-state index in [9.17, 15) is 0 Å². The number of hydrogen-bond donors (Lipinski definition) is 0. The number of nitrogens with zero attached hydrogens (tertiary/aromatic N) is 3. The van der Waals surface area contributed by atoms with Gasteiger partial charge in [0, 0.05) is 8.59 Å². The molecular weight excluding hydrogens is 385 g/mol. The van der Waals surface area contributed by atoms with E-state index in [1.165, 1.54) is 6.42 Å². The Hall–Kier alpha value is -0.360. The van der Waals surface area contributed by atoms with E-state index in [1.54, 1.807) is 0 Å². The molecule has 1 heterocycles. The van der Waals surface area contributed by atoms with Gasteiger partial charge in [-0.05, 0) is 87.7 Å². The van der Waals surface area contributed by atoms with Gasteiger partial charge < -0.3 is 0 Å². The highest BCUT2D eigenvalue weighted by molar-refractivity contribution is 14.1. The van der Waals surface area contributed by atoms with Gasteiger partial charge in [-0.1, -0.05) is 16.8 Å². The highest BCUT2D eigenvalue weighted by Gasteiger charge is 2.41. The lowest BCUT2D eigenvalue weighted by atomic mass is 9.82. The summed E-state index contributed by atoms with van der Waals surface area (Å²) in [6.45, 7) is 8.94. The van der Waals surface area contributed by atoms with Gasteiger partial charge in [-0.2, -0.15) is 0 Å². The minimum atomic E-state index is 0.0448. The van der Waals surface area contributed by atoms with E-state index in [-0.39, 0.29) is 11.1 Å². The summed E-state index contributed by atoms with van der Waals surface area (Å²) in [5, 5.41) is 11.9. The average molecular weight is 406 g/mol. The molecule has 2 rings (SSSR count). The molecular formula is C15H21ClIN3. The van der Waals surface area contributed by atoms with Crippen molar-refractivity contribution >= 4 is 39.9 Å². The monoisotopic (exact) mass is 405 g/mol. The van der Waals surface area contributed by atoms with Crippen molar-refractivity contribution in [2.24, 2.45) is 10.3 Å². The number of piperidine rings is 1. The van der Waals surface area contributed by atoms with Gasteiger partial charge in [0.15, 0.2) is 0 Å². The molecule has 0 saturated carbocycles. The fourth-order valence-electron chi connectivity index (χ4n) is 2.88. The van der Waals surface area contributed by atoms with E-state index in [1.807, 2.05) is 18.2 Å². The molecule has 20 heavy (non-hydrogen) atoms. The minimum Gasteiger partial charge on any atom is -0.267 e. The first kappa shape index (κ1) is 16.0. The largest absolute Gasteiger partial charge is 0.267 e. The van der Waals surface area contributed by atoms with E-state index in [0.717, 1.165) is 27.1 Å². The molecule has 0 aromatic heterocycles. The first-order valence-electron chi connectivity index (χ1n) is 6.89. The molecule has 0 aliphatic carbocycles. The molecule has 0 amide bonds. The average Bonchev–Trinajstić information content (AvgIpc) is 2.29. The van der Waals surface area contributed by atoms with E-state index < -0.39 is 0 Å². The van der Waals surface area contributed by atoms with Crippen LogP contribution in [0.2, 0.25) is 5.02 Å². The third-order valence-electron chi connectivity index (χ3n) is 3.88. The maximum Gasteiger partial charge on any atom is 0.101 e. The van der Waals surface area contributed by atoms with Gasteiger partial charge >= 0.3 is 0 Å². The lowest BCUT2D eigenvalue weighted by Crippen LogP contribution is -2.55. The van der Waals surface area contributed by atoms with Gasteiger partial charge in [0.25, 0.3) is 0 Å². The second kappa shape index (κ2) is 5.79. The van der Waals surface area contributed by atoms with Crippen molar-refractivity contribution in [1.29, 1.82) is 0 Å². The Morgan fingerprint density at radius 2 is 1.75 bits per heavy atom. The Kier molecular flexibility index (Phi) is 4.64. The van der Waals surface area contributed by atoms with Gasteiger partial charge in [0.1, 0.15) is 5.69 Å². The molecule has 1 aromatic carbocycles. The van der Waals surface area contributed by atoms with Crippen molar-refractivity contribution in [3.05, 3.63) is 26.8 Å². The first-order chi connectivity index (χ1) is 9.22. The van der Waals surface area contributed by atoms with Crippen LogP contribution in [-0.4, -0.2) is 16.1 Å². The van der Waals surface area contributed by atoms with Crippen LogP contribution in [0.4, 0.5) is 5.69 Å². The van der Waals surface area contributed by atoms with Gasteiger partial charge in [-0.15, -0.1) is 5.11 Å². The Bertz CT molecular complexity index is 510. The number of rotatable bonds is 2. The minimum absolute atomic E-state index is 0.0448. The lowest BCUT2D eigenvalue weighted by Gasteiger charge is -2.50. The fraction of sp³-hybridized carbons (Fsp3) is 0.600. The van der Waals surface area contributed by atoms with Gasteiger partial charge in [0.05, 0.1) is 11.1 Å². The van der Waals surface area contributed by atoms with E-state index in [4.69, 9.17) is 11.6 Å². The molecule has 0 radical (unpaired) electrons. The van der Waals surface area contributed by atoms with Crippen molar-refractivity contribution in [2.75, 3.05) is 0 Å². The van der Waals surface area contributed by atoms with Crippen LogP contribution in [0.1, 0.15) is 47.0 Å². The molecule has 0 atom stereocenters. The van der Waals surface area contributed by atoms with Gasteiger partial charge in [-0.3, -0.25) is 5.01 Å². The van der Waals surface area contributed by atoms with Crippen molar-refractivity contribution in [2.45, 2.75) is 58.0 Å². The summed E-state index contributed by atoms with van der Waals surface area (Å²) in [5.74, 6) is 0. The molecule has 1 aliphatic rings. The molecule has 0 N–H and O–H groups in total. The summed E-state index contributed by atoms with van der Waals surface area (Å²) in [6.07, 6.45) is 3.53. The van der Waals surface area contributed by atoms with Gasteiger partial charge in [0.2, 0.25) is 0 Å². The Labute approximate surface area is 139 Å². The van der Waals surface area contributed by atoms with Gasteiger partial charge in [-0.25, -0.2) is 0 Å². The van der Waals surface area contributed by atoms with Crippen LogP contribution in [-0.2, 0) is 0 Å². The normalized spacial score (nSPS) is 21.4. The molecule has 1 fully saturated rings. The second-order valence-electron chi connectivity index (χ2n) is 6.58. The van der Waals surface area contributed by atoms with Crippen LogP contribution in [0.15, 0.2) is 28.5 Å². The van der Waals surface area contributed by atoms with Crippen molar-refractivity contribution < 1.29 is 0 Å². The molecule has 5 heteroatoms. The standard InChI is InChI=1S/C15H21ClIN3/c1-14(2)8-5-9-15(3,4)20(14)19-18-13-7-6-11(16)10-12(13)17/h6-7,10H,5,8-9H2,1-4H3/b19-18+. The maximum atomic E-state index is 5.97. The van der Waals surface area contributed by atoms with Crippen LogP contribution < -0.4 is 0 Å². The van der Waals surface area contributed by atoms with E-state index in [2.05, 4.69) is 65.6 Å². The van der Waals surface area contributed by atoms with Crippen molar-refractivity contribution in [3.8, 4) is 0 Å². The highest BCUT2D eigenvalue weighted by Crippen LogP contribution is 2.39. The second-order valence-corrected chi connectivity index (χ2v) is 8.17. The predicted octanol–water partition coefficient (Wildman–Crippen LogP) is 5.99. The molecule has 1 saturated heterocycles. The Balaban J connectivity index is 2.28. The zero-order valence-corrected chi connectivity index (χ0v) is 15.4. The van der Waals surface area contributed by atoms with Crippen LogP contribution in [0.25, 0.3) is 0 Å². The topological polar surface area (TPSA) is 28.0 Å². The Morgan fingerprint density at radius 3 is 2.30 bits per heavy atom. The lowest BCUT2D eigenvalue weighted by molar-refractivity contribution is -0.0318. The molecule has 0 bridgehead atoms. The smallest absolute Gasteiger partial charge is 0.101 e.